The van der Waals surface area contributed by atoms with E-state index in [0.717, 1.165) is 11.3 Å². The summed E-state index contributed by atoms with van der Waals surface area (Å²) in [6, 6.07) is 12.0. The van der Waals surface area contributed by atoms with E-state index in [0.29, 0.717) is 11.3 Å². The van der Waals surface area contributed by atoms with Crippen molar-refractivity contribution in [2.75, 3.05) is 21.3 Å². The van der Waals surface area contributed by atoms with Gasteiger partial charge >= 0.3 is 0 Å². The third-order valence-corrected chi connectivity index (χ3v) is 4.36. The van der Waals surface area contributed by atoms with Gasteiger partial charge in [0.1, 0.15) is 11.5 Å². The van der Waals surface area contributed by atoms with Crippen LogP contribution in [0.25, 0.3) is 0 Å². The van der Waals surface area contributed by atoms with Gasteiger partial charge in [0.15, 0.2) is 0 Å². The minimum absolute atomic E-state index is 0.00579. The summed E-state index contributed by atoms with van der Waals surface area (Å²) >= 11 is 0. The molecule has 2 aromatic carbocycles. The van der Waals surface area contributed by atoms with Gasteiger partial charge in [0, 0.05) is 31.9 Å². The molecule has 7 nitrogen and oxygen atoms in total. The van der Waals surface area contributed by atoms with Crippen LogP contribution < -0.4 is 9.47 Å². The smallest absolute Gasteiger partial charge is 0.270 e. The van der Waals surface area contributed by atoms with E-state index in [1.807, 2.05) is 24.3 Å². The van der Waals surface area contributed by atoms with Crippen molar-refractivity contribution in [1.29, 1.82) is 0 Å². The summed E-state index contributed by atoms with van der Waals surface area (Å²) in [4.78, 5) is 10.7. The maximum absolute atomic E-state index is 11.1. The van der Waals surface area contributed by atoms with Crippen LogP contribution in [0.15, 0.2) is 42.5 Å². The fraction of sp³-hybridized carbons (Fsp3) is 0.333. The van der Waals surface area contributed by atoms with Crippen LogP contribution in [0.2, 0.25) is 0 Å². The van der Waals surface area contributed by atoms with E-state index >= 15 is 0 Å². The minimum atomic E-state index is -0.577. The first kappa shape index (κ1) is 17.2. The van der Waals surface area contributed by atoms with Crippen molar-refractivity contribution in [3.8, 4) is 11.5 Å². The lowest BCUT2D eigenvalue weighted by Crippen LogP contribution is -2.36. The van der Waals surface area contributed by atoms with Gasteiger partial charge in [-0.15, -0.1) is 0 Å². The Morgan fingerprint density at radius 3 is 2.32 bits per heavy atom. The molecule has 0 amide bonds. The number of methoxy groups -OCH3 is 3. The van der Waals surface area contributed by atoms with Crippen molar-refractivity contribution in [2.24, 2.45) is 0 Å². The molecule has 0 saturated carbocycles. The van der Waals surface area contributed by atoms with Gasteiger partial charge in [-0.05, 0) is 23.8 Å². The SMILES string of the molecule is COc1ccc([C@H]2[C@H](OC)Oc3ccc([N+](=O)[O-])cc3[C@H]2OC)cc1. The van der Waals surface area contributed by atoms with Gasteiger partial charge in [0.25, 0.3) is 5.69 Å². The Balaban J connectivity index is 2.07. The highest BCUT2D eigenvalue weighted by atomic mass is 16.7. The van der Waals surface area contributed by atoms with E-state index in [9.17, 15) is 10.1 Å². The third-order valence-electron chi connectivity index (χ3n) is 4.36. The molecule has 0 fully saturated rings. The highest BCUT2D eigenvalue weighted by Crippen LogP contribution is 2.47. The van der Waals surface area contributed by atoms with Crippen molar-refractivity contribution in [3.05, 3.63) is 63.7 Å². The molecule has 1 aliphatic rings. The van der Waals surface area contributed by atoms with Gasteiger partial charge in [-0.25, -0.2) is 0 Å². The Labute approximate surface area is 145 Å². The fourth-order valence-corrected chi connectivity index (χ4v) is 3.14. The van der Waals surface area contributed by atoms with E-state index in [4.69, 9.17) is 18.9 Å². The molecule has 3 atom stereocenters. The number of hydrogen-bond donors (Lipinski definition) is 0. The highest BCUT2D eigenvalue weighted by Gasteiger charge is 2.40. The van der Waals surface area contributed by atoms with E-state index < -0.39 is 17.3 Å². The monoisotopic (exact) mass is 345 g/mol. The molecule has 0 bridgehead atoms. The predicted octanol–water partition coefficient (Wildman–Crippen LogP) is 3.44. The molecule has 0 unspecified atom stereocenters. The molecular weight excluding hydrogens is 326 g/mol. The Bertz CT molecular complexity index is 761. The molecule has 0 aliphatic carbocycles. The number of fused-ring (bicyclic) bond motifs is 1. The number of rotatable bonds is 5. The largest absolute Gasteiger partial charge is 0.497 e. The Kier molecular flexibility index (Phi) is 4.87. The number of hydrogen-bond acceptors (Lipinski definition) is 6. The average Bonchev–Trinajstić information content (AvgIpc) is 2.65. The summed E-state index contributed by atoms with van der Waals surface area (Å²) in [7, 11) is 4.73. The van der Waals surface area contributed by atoms with Gasteiger partial charge in [0.2, 0.25) is 6.29 Å². The molecule has 1 heterocycles. The first-order valence-corrected chi connectivity index (χ1v) is 7.73. The van der Waals surface area contributed by atoms with Crippen LogP contribution in [0.1, 0.15) is 23.1 Å². The number of nitro groups is 1. The molecule has 25 heavy (non-hydrogen) atoms. The van der Waals surface area contributed by atoms with Crippen molar-refractivity contribution in [1.82, 2.24) is 0 Å². The summed E-state index contributed by atoms with van der Waals surface area (Å²) < 4.78 is 22.3. The predicted molar refractivity (Wildman–Crippen MR) is 90.0 cm³/mol. The first-order chi connectivity index (χ1) is 12.1. The maximum atomic E-state index is 11.1. The van der Waals surface area contributed by atoms with E-state index in [1.54, 1.807) is 27.4 Å². The van der Waals surface area contributed by atoms with Crippen molar-refractivity contribution < 1.29 is 23.9 Å². The van der Waals surface area contributed by atoms with Gasteiger partial charge in [-0.3, -0.25) is 10.1 Å². The number of non-ortho nitro benzene ring substituents is 1. The zero-order valence-corrected chi connectivity index (χ0v) is 14.2. The van der Waals surface area contributed by atoms with Crippen molar-refractivity contribution >= 4 is 5.69 Å². The number of nitro benzene ring substituents is 1. The number of benzene rings is 2. The van der Waals surface area contributed by atoms with E-state index in [2.05, 4.69) is 0 Å². The second-order valence-electron chi connectivity index (χ2n) is 5.66. The second kappa shape index (κ2) is 7.08. The molecule has 3 rings (SSSR count). The molecule has 132 valence electrons. The van der Waals surface area contributed by atoms with Crippen LogP contribution in [-0.2, 0) is 9.47 Å². The molecule has 0 aromatic heterocycles. The van der Waals surface area contributed by atoms with Gasteiger partial charge < -0.3 is 18.9 Å². The zero-order valence-electron chi connectivity index (χ0n) is 14.2. The minimum Gasteiger partial charge on any atom is -0.497 e. The lowest BCUT2D eigenvalue weighted by molar-refractivity contribution is -0.385. The third kappa shape index (κ3) is 3.16. The molecule has 0 radical (unpaired) electrons. The van der Waals surface area contributed by atoms with Gasteiger partial charge in [-0.2, -0.15) is 0 Å². The summed E-state index contributed by atoms with van der Waals surface area (Å²) in [5.41, 5.74) is 1.55. The van der Waals surface area contributed by atoms with Crippen LogP contribution in [0.5, 0.6) is 11.5 Å². The lowest BCUT2D eigenvalue weighted by Gasteiger charge is -2.38. The Hall–Kier alpha value is -2.64. The van der Waals surface area contributed by atoms with Crippen LogP contribution >= 0.6 is 0 Å². The maximum Gasteiger partial charge on any atom is 0.270 e. The molecular formula is C18H19NO6. The van der Waals surface area contributed by atoms with Crippen LogP contribution in [0.4, 0.5) is 5.69 Å². The van der Waals surface area contributed by atoms with Gasteiger partial charge in [0.05, 0.1) is 24.1 Å². The summed E-state index contributed by atoms with van der Waals surface area (Å²) in [6.07, 6.45) is -1.02. The normalized spacial score (nSPS) is 22.0. The summed E-state index contributed by atoms with van der Waals surface area (Å²) in [5, 5.41) is 11.1. The zero-order chi connectivity index (χ0) is 18.0. The van der Waals surface area contributed by atoms with Crippen molar-refractivity contribution in [3.63, 3.8) is 0 Å². The molecule has 1 aliphatic heterocycles. The first-order valence-electron chi connectivity index (χ1n) is 7.73. The Morgan fingerprint density at radius 2 is 1.76 bits per heavy atom. The molecule has 0 saturated heterocycles. The van der Waals surface area contributed by atoms with Crippen molar-refractivity contribution in [2.45, 2.75) is 18.3 Å². The van der Waals surface area contributed by atoms with E-state index in [1.165, 1.54) is 12.1 Å². The summed E-state index contributed by atoms with van der Waals surface area (Å²) in [5.74, 6) is 0.976. The quantitative estimate of drug-likeness (QED) is 0.610. The van der Waals surface area contributed by atoms with Crippen LogP contribution in [-0.4, -0.2) is 32.5 Å². The second-order valence-corrected chi connectivity index (χ2v) is 5.66. The molecule has 2 aromatic rings. The van der Waals surface area contributed by atoms with Crippen LogP contribution in [0, 0.1) is 10.1 Å². The number of ether oxygens (including phenoxy) is 4. The molecule has 0 N–H and O–H groups in total. The van der Waals surface area contributed by atoms with E-state index in [-0.39, 0.29) is 11.6 Å². The van der Waals surface area contributed by atoms with Gasteiger partial charge in [-0.1, -0.05) is 12.1 Å². The lowest BCUT2D eigenvalue weighted by atomic mass is 9.85. The molecule has 0 spiro atoms. The number of nitrogens with zero attached hydrogens (tertiary/aromatic N) is 1. The highest BCUT2D eigenvalue weighted by molar-refractivity contribution is 5.48. The fourth-order valence-electron chi connectivity index (χ4n) is 3.14. The standard InChI is InChI=1S/C18H19NO6/c1-22-13-7-4-11(5-8-13)16-17(23-2)14-10-12(19(20)21)6-9-15(14)25-18(16)24-3/h4-10,16-18H,1-3H3/t16-,17-,18-/m1/s1. The molecule has 7 heteroatoms. The summed E-state index contributed by atoms with van der Waals surface area (Å²) in [6.45, 7) is 0. The topological polar surface area (TPSA) is 80.1 Å². The Morgan fingerprint density at radius 1 is 1.04 bits per heavy atom. The van der Waals surface area contributed by atoms with Crippen LogP contribution in [0.3, 0.4) is 0 Å². The average molecular weight is 345 g/mol.